The van der Waals surface area contributed by atoms with Crippen LogP contribution in [-0.2, 0) is 5.41 Å². The van der Waals surface area contributed by atoms with E-state index in [9.17, 15) is 0 Å². The summed E-state index contributed by atoms with van der Waals surface area (Å²) in [6.07, 6.45) is 0. The van der Waals surface area contributed by atoms with E-state index in [1.165, 1.54) is 97.7 Å². The minimum Gasteiger partial charge on any atom is -0.310 e. The maximum atomic E-state index is 2.45. The van der Waals surface area contributed by atoms with Gasteiger partial charge in [-0.25, -0.2) is 0 Å². The summed E-state index contributed by atoms with van der Waals surface area (Å²) in [7, 11) is 0. The fourth-order valence-electron chi connectivity index (χ4n) is 10.9. The minimum absolute atomic E-state index is 0.453. The number of rotatable bonds is 8. The third-order valence-corrected chi connectivity index (χ3v) is 15.1. The molecule has 11 aromatic carbocycles. The lowest BCUT2D eigenvalue weighted by atomic mass is 9.67. The Morgan fingerprint density at radius 3 is 1.57 bits per heavy atom. The van der Waals surface area contributed by atoms with E-state index in [-0.39, 0.29) is 0 Å². The molecule has 0 fully saturated rings. The molecule has 1 aliphatic rings. The number of fused-ring (bicyclic) bond motifs is 7. The predicted molar refractivity (Wildman–Crippen MR) is 285 cm³/mol. The lowest BCUT2D eigenvalue weighted by Gasteiger charge is -2.34. The van der Waals surface area contributed by atoms with E-state index in [1.807, 2.05) is 11.3 Å². The second kappa shape index (κ2) is 16.0. The molecule has 0 unspecified atom stereocenters. The molecule has 1 heterocycles. The maximum Gasteiger partial charge on any atom is 0.0713 e. The molecule has 0 amide bonds. The molecular formula is C65H43NS. The molecule has 2 heteroatoms. The number of anilines is 3. The van der Waals surface area contributed by atoms with Gasteiger partial charge in [-0.15, -0.1) is 11.3 Å². The highest BCUT2D eigenvalue weighted by Gasteiger charge is 2.46. The van der Waals surface area contributed by atoms with Gasteiger partial charge in [-0.3, -0.25) is 0 Å². The molecule has 0 spiro atoms. The average molecular weight is 870 g/mol. The first-order valence-electron chi connectivity index (χ1n) is 23.1. The van der Waals surface area contributed by atoms with Crippen molar-refractivity contribution in [2.75, 3.05) is 4.90 Å². The third-order valence-electron chi connectivity index (χ3n) is 14.0. The van der Waals surface area contributed by atoms with Crippen LogP contribution in [0.25, 0.3) is 75.5 Å². The Morgan fingerprint density at radius 1 is 0.284 bits per heavy atom. The number of benzene rings is 11. The van der Waals surface area contributed by atoms with Gasteiger partial charge in [-0.1, -0.05) is 200 Å². The van der Waals surface area contributed by atoms with Crippen molar-refractivity contribution in [1.82, 2.24) is 0 Å². The van der Waals surface area contributed by atoms with E-state index in [1.54, 1.807) is 0 Å². The summed E-state index contributed by atoms with van der Waals surface area (Å²) in [4.78, 5) is 2.40. The molecule has 12 aromatic rings. The summed E-state index contributed by atoms with van der Waals surface area (Å²) in [5.74, 6) is 0. The molecule has 314 valence electrons. The maximum absolute atomic E-state index is 2.45. The number of hydrogen-bond acceptors (Lipinski definition) is 2. The molecule has 67 heavy (non-hydrogen) atoms. The smallest absolute Gasteiger partial charge is 0.0713 e. The van der Waals surface area contributed by atoms with E-state index in [2.05, 4.69) is 266 Å². The first kappa shape index (κ1) is 39.1. The van der Waals surface area contributed by atoms with Crippen LogP contribution in [0.15, 0.2) is 261 Å². The molecule has 13 rings (SSSR count). The van der Waals surface area contributed by atoms with Crippen LogP contribution in [0, 0.1) is 0 Å². The van der Waals surface area contributed by atoms with Crippen LogP contribution < -0.4 is 4.90 Å². The van der Waals surface area contributed by atoms with Gasteiger partial charge in [-0.05, 0) is 138 Å². The Labute approximate surface area is 395 Å². The van der Waals surface area contributed by atoms with Crippen molar-refractivity contribution in [2.24, 2.45) is 0 Å². The molecule has 0 aliphatic heterocycles. The topological polar surface area (TPSA) is 3.24 Å². The quantitative estimate of drug-likeness (QED) is 0.147. The molecule has 0 saturated heterocycles. The van der Waals surface area contributed by atoms with E-state index in [0.717, 1.165) is 17.1 Å². The molecule has 0 N–H and O–H groups in total. The summed E-state index contributed by atoms with van der Waals surface area (Å²) in [6, 6.07) is 96.3. The third kappa shape index (κ3) is 6.44. The van der Waals surface area contributed by atoms with Gasteiger partial charge in [0.25, 0.3) is 0 Å². The summed E-state index contributed by atoms with van der Waals surface area (Å²) in [5.41, 5.74) is 17.8. The van der Waals surface area contributed by atoms with Crippen LogP contribution in [0.3, 0.4) is 0 Å². The second-order valence-electron chi connectivity index (χ2n) is 17.6. The van der Waals surface area contributed by atoms with E-state index >= 15 is 0 Å². The molecule has 0 bridgehead atoms. The molecule has 0 atom stereocenters. The minimum atomic E-state index is -0.453. The van der Waals surface area contributed by atoms with Gasteiger partial charge >= 0.3 is 0 Å². The fourth-order valence-corrected chi connectivity index (χ4v) is 12.0. The van der Waals surface area contributed by atoms with E-state index in [0.29, 0.717) is 0 Å². The Morgan fingerprint density at radius 2 is 0.821 bits per heavy atom. The van der Waals surface area contributed by atoms with Gasteiger partial charge in [0.1, 0.15) is 0 Å². The van der Waals surface area contributed by atoms with Crippen LogP contribution >= 0.6 is 11.3 Å². The van der Waals surface area contributed by atoms with Gasteiger partial charge < -0.3 is 4.90 Å². The van der Waals surface area contributed by atoms with Crippen molar-refractivity contribution < 1.29 is 0 Å². The van der Waals surface area contributed by atoms with Crippen molar-refractivity contribution in [2.45, 2.75) is 5.41 Å². The highest BCUT2D eigenvalue weighted by molar-refractivity contribution is 7.25. The summed E-state index contributed by atoms with van der Waals surface area (Å²) in [6.45, 7) is 0. The number of thiophene rings is 1. The normalized spacial score (nSPS) is 12.6. The SMILES string of the molecule is c1ccc(C2(c3ccccc3)c3ccccc3-c3ccc(-c4ccc(N(c5ccc(-c6ccc7sc8ccccc8c7c6)cc5)c5cccc(-c6cccc7ccccc67)c5)cc4)cc32)cc1. The fraction of sp³-hybridized carbons (Fsp3) is 0.0154. The zero-order valence-corrected chi connectivity index (χ0v) is 37.5. The average Bonchev–Trinajstić information content (AvgIpc) is 3.93. The standard InChI is InChI=1S/C65H43NS/c1-3-18-50(19-4-1)65(51-20-5-2-6-21-51)61-27-11-9-24-57(61)58-39-33-48(43-62(58)65)45-31-37-53(38-32-45)66(54-22-13-17-49(41-54)56-26-14-16-46-15-7-8-23-55(46)56)52-35-29-44(30-36-52)47-34-40-64-60(42-47)59-25-10-12-28-63(59)67-64/h1-43H. The zero-order chi connectivity index (χ0) is 44.3. The Kier molecular flexibility index (Phi) is 9.33. The van der Waals surface area contributed by atoms with E-state index in [4.69, 9.17) is 0 Å². The van der Waals surface area contributed by atoms with Crippen LogP contribution in [0.5, 0.6) is 0 Å². The predicted octanol–water partition coefficient (Wildman–Crippen LogP) is 18.0. The molecule has 0 saturated carbocycles. The van der Waals surface area contributed by atoms with Gasteiger partial charge in [-0.2, -0.15) is 0 Å². The number of nitrogens with zero attached hydrogens (tertiary/aromatic N) is 1. The number of hydrogen-bond donors (Lipinski definition) is 0. The molecule has 1 nitrogen and oxygen atoms in total. The van der Waals surface area contributed by atoms with Crippen molar-refractivity contribution in [3.63, 3.8) is 0 Å². The van der Waals surface area contributed by atoms with Crippen LogP contribution in [-0.4, -0.2) is 0 Å². The highest BCUT2D eigenvalue weighted by atomic mass is 32.1. The molecule has 1 aromatic heterocycles. The van der Waals surface area contributed by atoms with Crippen molar-refractivity contribution in [3.05, 3.63) is 283 Å². The first-order chi connectivity index (χ1) is 33.2. The summed E-state index contributed by atoms with van der Waals surface area (Å²) >= 11 is 1.86. The van der Waals surface area contributed by atoms with Crippen molar-refractivity contribution in [3.8, 4) is 44.5 Å². The molecule has 1 aliphatic carbocycles. The van der Waals surface area contributed by atoms with Crippen molar-refractivity contribution in [1.29, 1.82) is 0 Å². The van der Waals surface area contributed by atoms with E-state index < -0.39 is 5.41 Å². The Hall–Kier alpha value is -8.30. The van der Waals surface area contributed by atoms with Gasteiger partial charge in [0, 0.05) is 37.2 Å². The van der Waals surface area contributed by atoms with Gasteiger partial charge in [0.2, 0.25) is 0 Å². The van der Waals surface area contributed by atoms with Crippen LogP contribution in [0.2, 0.25) is 0 Å². The second-order valence-corrected chi connectivity index (χ2v) is 18.7. The Balaban J connectivity index is 0.922. The van der Waals surface area contributed by atoms with Crippen molar-refractivity contribution >= 4 is 59.3 Å². The summed E-state index contributed by atoms with van der Waals surface area (Å²) in [5, 5.41) is 5.12. The van der Waals surface area contributed by atoms with Crippen LogP contribution in [0.1, 0.15) is 22.3 Å². The zero-order valence-electron chi connectivity index (χ0n) is 36.7. The Bertz CT molecular complexity index is 3750. The summed E-state index contributed by atoms with van der Waals surface area (Å²) < 4.78 is 2.64. The lowest BCUT2D eigenvalue weighted by molar-refractivity contribution is 0.769. The van der Waals surface area contributed by atoms with Gasteiger partial charge in [0.05, 0.1) is 5.41 Å². The highest BCUT2D eigenvalue weighted by Crippen LogP contribution is 2.57. The largest absolute Gasteiger partial charge is 0.310 e. The molecule has 0 radical (unpaired) electrons. The first-order valence-corrected chi connectivity index (χ1v) is 23.9. The van der Waals surface area contributed by atoms with Crippen LogP contribution in [0.4, 0.5) is 17.1 Å². The van der Waals surface area contributed by atoms with Gasteiger partial charge in [0.15, 0.2) is 0 Å². The molecular weight excluding hydrogens is 827 g/mol. The lowest BCUT2D eigenvalue weighted by Crippen LogP contribution is -2.28. The monoisotopic (exact) mass is 869 g/mol.